The van der Waals surface area contributed by atoms with Crippen molar-refractivity contribution in [2.75, 3.05) is 38.0 Å². The molecule has 0 spiro atoms. The van der Waals surface area contributed by atoms with Crippen LogP contribution in [0.1, 0.15) is 22.5 Å². The van der Waals surface area contributed by atoms with Gasteiger partial charge in [0.2, 0.25) is 5.91 Å². The number of carbonyl (C=O) groups is 2. The second kappa shape index (κ2) is 8.49. The topological polar surface area (TPSA) is 78.7 Å². The third kappa shape index (κ3) is 4.84. The molecule has 9 heteroatoms. The van der Waals surface area contributed by atoms with Crippen LogP contribution in [-0.4, -0.2) is 59.5 Å². The molecule has 1 saturated heterocycles. The number of benzene rings is 1. The summed E-state index contributed by atoms with van der Waals surface area (Å²) in [6.07, 6.45) is 0.305. The van der Waals surface area contributed by atoms with Gasteiger partial charge in [0.1, 0.15) is 11.6 Å². The number of anilines is 1. The molecule has 2 amide bonds. The van der Waals surface area contributed by atoms with Crippen molar-refractivity contribution in [1.29, 1.82) is 0 Å². The number of hydrogen-bond acceptors (Lipinski definition) is 5. The van der Waals surface area contributed by atoms with Gasteiger partial charge < -0.3 is 14.7 Å². The van der Waals surface area contributed by atoms with Gasteiger partial charge >= 0.3 is 0 Å². The molecule has 144 valence electrons. The number of halogens is 2. The second-order valence-electron chi connectivity index (χ2n) is 6.35. The maximum Gasteiger partial charge on any atom is 0.258 e. The Morgan fingerprint density at radius 3 is 2.67 bits per heavy atom. The summed E-state index contributed by atoms with van der Waals surface area (Å²) in [7, 11) is 0. The fourth-order valence-electron chi connectivity index (χ4n) is 2.93. The predicted octanol–water partition coefficient (Wildman–Crippen LogP) is 2.56. The largest absolute Gasteiger partial charge is 0.360 e. The monoisotopic (exact) mass is 394 g/mol. The molecule has 0 bridgehead atoms. The minimum absolute atomic E-state index is 0.0881. The molecule has 1 aromatic heterocycles. The number of nitrogens with one attached hydrogen (secondary N) is 1. The van der Waals surface area contributed by atoms with E-state index in [9.17, 15) is 14.0 Å². The number of aromatic nitrogens is 1. The summed E-state index contributed by atoms with van der Waals surface area (Å²) < 4.78 is 18.8. The van der Waals surface area contributed by atoms with Gasteiger partial charge in [-0.3, -0.25) is 14.5 Å². The highest BCUT2D eigenvalue weighted by Crippen LogP contribution is 2.21. The molecular weight excluding hydrogens is 375 g/mol. The number of nitrogens with zero attached hydrogens (tertiary/aromatic N) is 3. The van der Waals surface area contributed by atoms with E-state index in [1.165, 1.54) is 18.2 Å². The molecule has 0 radical (unpaired) electrons. The van der Waals surface area contributed by atoms with Crippen LogP contribution in [0.3, 0.4) is 0 Å². The third-order valence-corrected chi connectivity index (χ3v) is 4.70. The van der Waals surface area contributed by atoms with E-state index in [0.29, 0.717) is 50.7 Å². The van der Waals surface area contributed by atoms with Crippen molar-refractivity contribution in [2.45, 2.75) is 13.3 Å². The maximum atomic E-state index is 13.9. The van der Waals surface area contributed by atoms with E-state index < -0.39 is 11.7 Å². The third-order valence-electron chi connectivity index (χ3n) is 4.39. The minimum Gasteiger partial charge on any atom is -0.360 e. The van der Waals surface area contributed by atoms with Crippen LogP contribution >= 0.6 is 11.6 Å². The van der Waals surface area contributed by atoms with E-state index >= 15 is 0 Å². The van der Waals surface area contributed by atoms with Gasteiger partial charge in [0.05, 0.1) is 10.6 Å². The molecule has 1 aliphatic heterocycles. The number of carbonyl (C=O) groups excluding carboxylic acids is 2. The highest BCUT2D eigenvalue weighted by atomic mass is 35.5. The van der Waals surface area contributed by atoms with Crippen molar-refractivity contribution in [1.82, 2.24) is 15.0 Å². The average molecular weight is 395 g/mol. The smallest absolute Gasteiger partial charge is 0.258 e. The average Bonchev–Trinajstić information content (AvgIpc) is 3.05. The van der Waals surface area contributed by atoms with Crippen LogP contribution in [0, 0.1) is 12.7 Å². The van der Waals surface area contributed by atoms with Gasteiger partial charge in [-0.2, -0.15) is 0 Å². The van der Waals surface area contributed by atoms with Crippen molar-refractivity contribution in [3.63, 3.8) is 0 Å². The van der Waals surface area contributed by atoms with E-state index in [0.717, 1.165) is 0 Å². The first-order valence-corrected chi connectivity index (χ1v) is 9.00. The Morgan fingerprint density at radius 1 is 1.30 bits per heavy atom. The van der Waals surface area contributed by atoms with Gasteiger partial charge in [-0.1, -0.05) is 22.8 Å². The van der Waals surface area contributed by atoms with Crippen molar-refractivity contribution in [3.05, 3.63) is 46.4 Å². The normalized spacial score (nSPS) is 15.0. The van der Waals surface area contributed by atoms with Gasteiger partial charge in [0.25, 0.3) is 5.91 Å². The highest BCUT2D eigenvalue weighted by Gasteiger charge is 2.26. The zero-order valence-corrected chi connectivity index (χ0v) is 15.6. The van der Waals surface area contributed by atoms with Crippen molar-refractivity contribution in [2.24, 2.45) is 0 Å². The molecular formula is C18H20ClFN4O3. The molecule has 27 heavy (non-hydrogen) atoms. The van der Waals surface area contributed by atoms with E-state index in [-0.39, 0.29) is 16.5 Å². The molecule has 0 unspecified atom stereocenters. The van der Waals surface area contributed by atoms with Crippen molar-refractivity contribution in [3.8, 4) is 0 Å². The molecule has 0 atom stereocenters. The van der Waals surface area contributed by atoms with Gasteiger partial charge in [-0.25, -0.2) is 4.39 Å². The van der Waals surface area contributed by atoms with Crippen LogP contribution in [0.25, 0.3) is 0 Å². The number of rotatable bonds is 5. The Kier molecular flexibility index (Phi) is 6.08. The van der Waals surface area contributed by atoms with Gasteiger partial charge in [0, 0.05) is 45.2 Å². The summed E-state index contributed by atoms with van der Waals surface area (Å²) in [5, 5.41) is 6.50. The molecule has 2 aromatic rings. The highest BCUT2D eigenvalue weighted by molar-refractivity contribution is 6.33. The van der Waals surface area contributed by atoms with Crippen LogP contribution in [0.4, 0.5) is 10.2 Å². The van der Waals surface area contributed by atoms with Gasteiger partial charge in [-0.05, 0) is 19.1 Å². The van der Waals surface area contributed by atoms with Crippen LogP contribution in [-0.2, 0) is 4.79 Å². The van der Waals surface area contributed by atoms with E-state index in [2.05, 4.69) is 15.4 Å². The summed E-state index contributed by atoms with van der Waals surface area (Å²) in [4.78, 5) is 28.1. The fourth-order valence-corrected chi connectivity index (χ4v) is 3.17. The Morgan fingerprint density at radius 2 is 2.04 bits per heavy atom. The molecule has 1 aromatic carbocycles. The molecule has 1 aliphatic rings. The summed E-state index contributed by atoms with van der Waals surface area (Å²) >= 11 is 5.97. The number of piperazine rings is 1. The fraction of sp³-hybridized carbons (Fsp3) is 0.389. The van der Waals surface area contributed by atoms with E-state index in [1.54, 1.807) is 17.9 Å². The van der Waals surface area contributed by atoms with Crippen LogP contribution in [0.5, 0.6) is 0 Å². The lowest BCUT2D eigenvalue weighted by Crippen LogP contribution is -2.49. The standard InChI is InChI=1S/C18H20ClFN4O3/c1-12-11-15(22-27-12)21-16(25)5-6-23-7-9-24(10-8-23)18(26)17-13(19)3-2-4-14(17)20/h2-4,11H,5-10H2,1H3,(H,21,22,25). The summed E-state index contributed by atoms with van der Waals surface area (Å²) in [6.45, 7) is 4.42. The van der Waals surface area contributed by atoms with Gasteiger partial charge in [-0.15, -0.1) is 0 Å². The lowest BCUT2D eigenvalue weighted by atomic mass is 10.1. The lowest BCUT2D eigenvalue weighted by molar-refractivity contribution is -0.116. The van der Waals surface area contributed by atoms with E-state index in [1.807, 2.05) is 0 Å². The Labute approximate surface area is 161 Å². The summed E-state index contributed by atoms with van der Waals surface area (Å²) in [6, 6.07) is 5.85. The molecule has 0 aliphatic carbocycles. The molecule has 3 rings (SSSR count). The van der Waals surface area contributed by atoms with Gasteiger partial charge in [0.15, 0.2) is 5.82 Å². The quantitative estimate of drug-likeness (QED) is 0.843. The lowest BCUT2D eigenvalue weighted by Gasteiger charge is -2.34. The molecule has 1 fully saturated rings. The summed E-state index contributed by atoms with van der Waals surface area (Å²) in [5.41, 5.74) is -0.0881. The first kappa shape index (κ1) is 19.3. The zero-order valence-electron chi connectivity index (χ0n) is 14.9. The maximum absolute atomic E-state index is 13.9. The second-order valence-corrected chi connectivity index (χ2v) is 6.76. The van der Waals surface area contributed by atoms with Crippen LogP contribution < -0.4 is 5.32 Å². The van der Waals surface area contributed by atoms with Crippen molar-refractivity contribution >= 4 is 29.2 Å². The first-order chi connectivity index (χ1) is 12.9. The van der Waals surface area contributed by atoms with Crippen LogP contribution in [0.2, 0.25) is 5.02 Å². The Hall–Kier alpha value is -2.45. The minimum atomic E-state index is -0.616. The Bertz CT molecular complexity index is 814. The molecule has 0 saturated carbocycles. The van der Waals surface area contributed by atoms with Crippen LogP contribution in [0.15, 0.2) is 28.8 Å². The molecule has 1 N–H and O–H groups in total. The van der Waals surface area contributed by atoms with E-state index in [4.69, 9.17) is 16.1 Å². The SMILES string of the molecule is Cc1cc(NC(=O)CCN2CCN(C(=O)c3c(F)cccc3Cl)CC2)no1. The number of aryl methyl sites for hydroxylation is 1. The number of amides is 2. The zero-order chi connectivity index (χ0) is 19.4. The summed E-state index contributed by atoms with van der Waals surface area (Å²) in [5.74, 6) is -0.151. The molecule has 2 heterocycles. The Balaban J connectivity index is 1.46. The molecule has 7 nitrogen and oxygen atoms in total. The van der Waals surface area contributed by atoms with Crippen molar-refractivity contribution < 1.29 is 18.5 Å². The first-order valence-electron chi connectivity index (χ1n) is 8.63. The predicted molar refractivity (Wildman–Crippen MR) is 98.2 cm³/mol. The number of hydrogen-bond donors (Lipinski definition) is 1.